The zero-order valence-electron chi connectivity index (χ0n) is 9.58. The molecule has 2 aliphatic rings. The van der Waals surface area contributed by atoms with Crippen LogP contribution in [0, 0.1) is 0 Å². The van der Waals surface area contributed by atoms with E-state index in [2.05, 4.69) is 0 Å². The minimum Gasteiger partial charge on any atom is -0.393 e. The third kappa shape index (κ3) is 3.28. The van der Waals surface area contributed by atoms with E-state index >= 15 is 0 Å². The van der Waals surface area contributed by atoms with Crippen molar-refractivity contribution in [2.45, 2.75) is 63.3 Å². The third-order valence-electron chi connectivity index (χ3n) is 3.07. The summed E-state index contributed by atoms with van der Waals surface area (Å²) in [6.45, 7) is 1.94. The van der Waals surface area contributed by atoms with Crippen LogP contribution < -0.4 is 0 Å². The van der Waals surface area contributed by atoms with Crippen molar-refractivity contribution >= 4 is 0 Å². The molecule has 1 heterocycles. The zero-order valence-corrected chi connectivity index (χ0v) is 9.58. The molecule has 1 aliphatic carbocycles. The summed E-state index contributed by atoms with van der Waals surface area (Å²) in [5.74, 6) is 0. The van der Waals surface area contributed by atoms with Crippen molar-refractivity contribution < 1.29 is 19.7 Å². The van der Waals surface area contributed by atoms with Crippen LogP contribution in [-0.4, -0.2) is 40.9 Å². The van der Waals surface area contributed by atoms with Crippen LogP contribution in [0.5, 0.6) is 0 Å². The Balaban J connectivity index is 1.82. The van der Waals surface area contributed by atoms with Crippen molar-refractivity contribution in [2.75, 3.05) is 0 Å². The van der Waals surface area contributed by atoms with Crippen LogP contribution >= 0.6 is 0 Å². The Morgan fingerprint density at radius 1 is 1.19 bits per heavy atom. The summed E-state index contributed by atoms with van der Waals surface area (Å²) in [7, 11) is 0. The highest BCUT2D eigenvalue weighted by Crippen LogP contribution is 2.24. The summed E-state index contributed by atoms with van der Waals surface area (Å²) in [6, 6.07) is 0. The fourth-order valence-electron chi connectivity index (χ4n) is 2.25. The lowest BCUT2D eigenvalue weighted by molar-refractivity contribution is -0.224. The molecule has 2 N–H and O–H groups in total. The van der Waals surface area contributed by atoms with Crippen LogP contribution in [0.3, 0.4) is 0 Å². The summed E-state index contributed by atoms with van der Waals surface area (Å²) < 4.78 is 11.3. The highest BCUT2D eigenvalue weighted by Gasteiger charge is 2.28. The van der Waals surface area contributed by atoms with Gasteiger partial charge in [-0.15, -0.1) is 0 Å². The highest BCUT2D eigenvalue weighted by molar-refractivity contribution is 4.99. The molecule has 16 heavy (non-hydrogen) atoms. The van der Waals surface area contributed by atoms with Crippen LogP contribution in [0.4, 0.5) is 0 Å². The minimum atomic E-state index is -0.336. The second kappa shape index (κ2) is 5.27. The molecule has 4 nitrogen and oxygen atoms in total. The molecule has 5 atom stereocenters. The van der Waals surface area contributed by atoms with Gasteiger partial charge in [-0.05, 0) is 26.2 Å². The number of aliphatic hydroxyl groups excluding tert-OH is 2. The maximum atomic E-state index is 9.60. The molecular weight excluding hydrogens is 208 g/mol. The smallest absolute Gasteiger partial charge is 0.161 e. The van der Waals surface area contributed by atoms with Crippen molar-refractivity contribution in [1.29, 1.82) is 0 Å². The summed E-state index contributed by atoms with van der Waals surface area (Å²) in [6.07, 6.45) is 5.47. The van der Waals surface area contributed by atoms with Crippen LogP contribution in [0.1, 0.15) is 32.6 Å². The predicted octanol–water partition coefficient (Wildman–Crippen LogP) is 0.968. The minimum absolute atomic E-state index is 0.00546. The quantitative estimate of drug-likeness (QED) is 0.691. The Bertz CT molecular complexity index is 243. The lowest BCUT2D eigenvalue weighted by Crippen LogP contribution is -2.38. The fourth-order valence-corrected chi connectivity index (χ4v) is 2.25. The van der Waals surface area contributed by atoms with Crippen LogP contribution in [0.15, 0.2) is 12.2 Å². The van der Waals surface area contributed by atoms with E-state index in [-0.39, 0.29) is 30.7 Å². The van der Waals surface area contributed by atoms with Gasteiger partial charge in [0.15, 0.2) is 6.29 Å². The lowest BCUT2D eigenvalue weighted by atomic mass is 10.0. The summed E-state index contributed by atoms with van der Waals surface area (Å²) in [4.78, 5) is 0. The number of hydrogen-bond donors (Lipinski definition) is 2. The van der Waals surface area contributed by atoms with Gasteiger partial charge in [-0.1, -0.05) is 12.2 Å². The molecule has 92 valence electrons. The predicted molar refractivity (Wildman–Crippen MR) is 58.8 cm³/mol. The average molecular weight is 228 g/mol. The second-order valence-corrected chi connectivity index (χ2v) is 4.71. The summed E-state index contributed by atoms with van der Waals surface area (Å²) in [5.41, 5.74) is 0. The Hall–Kier alpha value is -0.420. The molecule has 0 aromatic heterocycles. The Morgan fingerprint density at radius 3 is 2.62 bits per heavy atom. The van der Waals surface area contributed by atoms with E-state index in [0.717, 1.165) is 12.8 Å². The molecule has 1 saturated heterocycles. The first-order valence-corrected chi connectivity index (χ1v) is 5.99. The number of hydrogen-bond acceptors (Lipinski definition) is 4. The highest BCUT2D eigenvalue weighted by atomic mass is 16.7. The lowest BCUT2D eigenvalue weighted by Gasteiger charge is -2.33. The molecule has 0 aromatic carbocycles. The number of aliphatic hydroxyl groups is 2. The molecule has 0 spiro atoms. The Labute approximate surface area is 95.9 Å². The summed E-state index contributed by atoms with van der Waals surface area (Å²) >= 11 is 0. The first-order chi connectivity index (χ1) is 7.63. The van der Waals surface area contributed by atoms with Gasteiger partial charge in [-0.2, -0.15) is 0 Å². The topological polar surface area (TPSA) is 58.9 Å². The van der Waals surface area contributed by atoms with E-state index in [1.807, 2.05) is 13.0 Å². The standard InChI is InChI=1S/C12H20O4/c1-8-6-10(14)7-12(15-8)16-11-4-2-9(13)3-5-11/h2,4,8-14H,3,5-7H2,1H3/t8-,9?,10+,11?,12+/m1/s1. The second-order valence-electron chi connectivity index (χ2n) is 4.71. The van der Waals surface area contributed by atoms with E-state index in [9.17, 15) is 10.2 Å². The maximum absolute atomic E-state index is 9.60. The van der Waals surface area contributed by atoms with E-state index in [1.54, 1.807) is 6.08 Å². The van der Waals surface area contributed by atoms with Gasteiger partial charge in [0, 0.05) is 6.42 Å². The summed E-state index contributed by atoms with van der Waals surface area (Å²) in [5, 5.41) is 18.9. The first kappa shape index (κ1) is 12.0. The van der Waals surface area contributed by atoms with Crippen molar-refractivity contribution in [1.82, 2.24) is 0 Å². The van der Waals surface area contributed by atoms with E-state index in [1.165, 1.54) is 0 Å². The van der Waals surface area contributed by atoms with Gasteiger partial charge in [0.1, 0.15) is 0 Å². The largest absolute Gasteiger partial charge is 0.393 e. The molecule has 0 saturated carbocycles. The first-order valence-electron chi connectivity index (χ1n) is 5.99. The van der Waals surface area contributed by atoms with E-state index < -0.39 is 0 Å². The van der Waals surface area contributed by atoms with Crippen LogP contribution in [-0.2, 0) is 9.47 Å². The molecule has 2 rings (SSSR count). The normalized spacial score (nSPS) is 44.6. The van der Waals surface area contributed by atoms with Gasteiger partial charge >= 0.3 is 0 Å². The van der Waals surface area contributed by atoms with Gasteiger partial charge in [-0.25, -0.2) is 0 Å². The number of ether oxygens (including phenoxy) is 2. The Kier molecular flexibility index (Phi) is 3.97. The van der Waals surface area contributed by atoms with Crippen LogP contribution in [0.25, 0.3) is 0 Å². The maximum Gasteiger partial charge on any atom is 0.161 e. The Morgan fingerprint density at radius 2 is 2.00 bits per heavy atom. The molecule has 0 amide bonds. The van der Waals surface area contributed by atoms with Gasteiger partial charge < -0.3 is 19.7 Å². The third-order valence-corrected chi connectivity index (χ3v) is 3.07. The molecule has 0 aromatic rings. The number of rotatable bonds is 2. The molecule has 0 radical (unpaired) electrons. The molecule has 1 fully saturated rings. The molecule has 4 heteroatoms. The van der Waals surface area contributed by atoms with Gasteiger partial charge in [-0.3, -0.25) is 0 Å². The van der Waals surface area contributed by atoms with Crippen molar-refractivity contribution in [3.05, 3.63) is 12.2 Å². The average Bonchev–Trinajstić information content (AvgIpc) is 2.20. The molecule has 0 bridgehead atoms. The van der Waals surface area contributed by atoms with E-state index in [4.69, 9.17) is 9.47 Å². The van der Waals surface area contributed by atoms with Gasteiger partial charge in [0.05, 0.1) is 24.4 Å². The molecule has 2 unspecified atom stereocenters. The van der Waals surface area contributed by atoms with Crippen molar-refractivity contribution in [3.63, 3.8) is 0 Å². The van der Waals surface area contributed by atoms with Crippen molar-refractivity contribution in [3.8, 4) is 0 Å². The molecule has 1 aliphatic heterocycles. The fraction of sp³-hybridized carbons (Fsp3) is 0.833. The molecular formula is C12H20O4. The van der Waals surface area contributed by atoms with E-state index in [0.29, 0.717) is 12.8 Å². The monoisotopic (exact) mass is 228 g/mol. The van der Waals surface area contributed by atoms with Crippen LogP contribution in [0.2, 0.25) is 0 Å². The van der Waals surface area contributed by atoms with Gasteiger partial charge in [0.2, 0.25) is 0 Å². The SMILES string of the molecule is C[C@@H]1C[C@H](O)C[C@H](OC2C=CC(O)CC2)O1. The van der Waals surface area contributed by atoms with Gasteiger partial charge in [0.25, 0.3) is 0 Å². The van der Waals surface area contributed by atoms with Crippen molar-refractivity contribution in [2.24, 2.45) is 0 Å². The zero-order chi connectivity index (χ0) is 11.5.